The molecule has 35 heavy (non-hydrogen) atoms. The minimum absolute atomic E-state index is 0.0162. The molecule has 0 aromatic rings. The van der Waals surface area contributed by atoms with E-state index in [1.54, 1.807) is 33.7 Å². The molecule has 200 valence electrons. The van der Waals surface area contributed by atoms with Crippen molar-refractivity contribution in [1.29, 1.82) is 0 Å². The normalized spacial score (nSPS) is 18.7. The fraction of sp³-hybridized carbons (Fsp3) is 0.762. The van der Waals surface area contributed by atoms with Gasteiger partial charge in [-0.25, -0.2) is 0 Å². The van der Waals surface area contributed by atoms with Gasteiger partial charge in [-0.2, -0.15) is 0 Å². The van der Waals surface area contributed by atoms with Crippen LogP contribution in [-0.4, -0.2) is 167 Å². The van der Waals surface area contributed by atoms with E-state index >= 15 is 0 Å². The van der Waals surface area contributed by atoms with E-state index < -0.39 is 29.9 Å². The van der Waals surface area contributed by atoms with Gasteiger partial charge in [-0.1, -0.05) is 0 Å². The molecule has 1 fully saturated rings. The van der Waals surface area contributed by atoms with Gasteiger partial charge in [0.2, 0.25) is 5.91 Å². The third kappa shape index (κ3) is 12.5. The number of hydrogen-bond acceptors (Lipinski definition) is 9. The summed E-state index contributed by atoms with van der Waals surface area (Å²) in [6, 6.07) is -1.01. The zero-order valence-electron chi connectivity index (χ0n) is 20.3. The first-order valence-electron chi connectivity index (χ1n) is 11.4. The van der Waals surface area contributed by atoms with Gasteiger partial charge in [0, 0.05) is 72.9 Å². The van der Waals surface area contributed by atoms with E-state index in [0.29, 0.717) is 0 Å². The SMILES string of the molecule is CN(C)C(=O)CCC(C(=O)O)N1CCN(CC(=O)O)CCN(CC(=O)O)CCN(CC(=O)O)CC1. The monoisotopic (exact) mass is 503 g/mol. The van der Waals surface area contributed by atoms with Crippen LogP contribution in [0.5, 0.6) is 0 Å². The lowest BCUT2D eigenvalue weighted by Crippen LogP contribution is -2.52. The van der Waals surface area contributed by atoms with Gasteiger partial charge in [0.25, 0.3) is 0 Å². The number of amides is 1. The van der Waals surface area contributed by atoms with Gasteiger partial charge in [0.15, 0.2) is 0 Å². The standard InChI is InChI=1S/C21H37N5O9/c1-22(2)17(27)4-3-16(21(34)35)26-11-9-24(14-19(30)31)7-5-23(13-18(28)29)6-8-25(10-12-26)15-20(32)33/h16H,3-15H2,1-2H3,(H,28,29)(H,30,31)(H,32,33)(H,34,35). The second-order valence-corrected chi connectivity index (χ2v) is 8.73. The van der Waals surface area contributed by atoms with Crippen molar-refractivity contribution >= 4 is 29.8 Å². The van der Waals surface area contributed by atoms with Crippen LogP contribution in [0.4, 0.5) is 0 Å². The fourth-order valence-corrected chi connectivity index (χ4v) is 3.86. The Morgan fingerprint density at radius 2 is 1.00 bits per heavy atom. The fourth-order valence-electron chi connectivity index (χ4n) is 3.86. The van der Waals surface area contributed by atoms with Crippen molar-refractivity contribution in [3.05, 3.63) is 0 Å². The Morgan fingerprint density at radius 3 is 1.29 bits per heavy atom. The number of carbonyl (C=O) groups is 5. The van der Waals surface area contributed by atoms with Crippen molar-refractivity contribution in [2.45, 2.75) is 18.9 Å². The molecular formula is C21H37N5O9. The van der Waals surface area contributed by atoms with Gasteiger partial charge in [0.1, 0.15) is 6.04 Å². The topological polar surface area (TPSA) is 182 Å². The van der Waals surface area contributed by atoms with E-state index in [0.717, 1.165) is 0 Å². The summed E-state index contributed by atoms with van der Waals surface area (Å²) in [5, 5.41) is 37.6. The number of carbonyl (C=O) groups excluding carboxylic acids is 1. The lowest BCUT2D eigenvalue weighted by atomic mass is 10.1. The van der Waals surface area contributed by atoms with Crippen LogP contribution in [-0.2, 0) is 24.0 Å². The molecule has 1 amide bonds. The molecule has 14 nitrogen and oxygen atoms in total. The lowest BCUT2D eigenvalue weighted by molar-refractivity contribution is -0.145. The van der Waals surface area contributed by atoms with Crippen molar-refractivity contribution in [3.8, 4) is 0 Å². The number of rotatable bonds is 11. The van der Waals surface area contributed by atoms with Gasteiger partial charge in [-0.05, 0) is 6.42 Å². The van der Waals surface area contributed by atoms with Crippen molar-refractivity contribution in [3.63, 3.8) is 0 Å². The summed E-state index contributed by atoms with van der Waals surface area (Å²) in [6.45, 7) is 0.894. The Labute approximate surface area is 204 Å². The number of hydrogen-bond donors (Lipinski definition) is 4. The Hall–Kier alpha value is -2.81. The smallest absolute Gasteiger partial charge is 0.320 e. The van der Waals surface area contributed by atoms with Gasteiger partial charge in [-0.3, -0.25) is 43.6 Å². The van der Waals surface area contributed by atoms with Crippen LogP contribution in [0.15, 0.2) is 0 Å². The third-order valence-corrected chi connectivity index (χ3v) is 5.80. The van der Waals surface area contributed by atoms with Crippen molar-refractivity contribution in [1.82, 2.24) is 24.5 Å². The maximum Gasteiger partial charge on any atom is 0.320 e. The molecule has 0 saturated carbocycles. The highest BCUT2D eigenvalue weighted by atomic mass is 16.4. The highest BCUT2D eigenvalue weighted by Crippen LogP contribution is 2.11. The number of nitrogens with zero attached hydrogens (tertiary/aromatic N) is 5. The predicted molar refractivity (Wildman–Crippen MR) is 123 cm³/mol. The second kappa shape index (κ2) is 15.2. The van der Waals surface area contributed by atoms with E-state index in [1.165, 1.54) is 4.90 Å². The molecule has 4 N–H and O–H groups in total. The molecule has 0 aromatic heterocycles. The molecule has 0 spiro atoms. The molecular weight excluding hydrogens is 466 g/mol. The molecule has 1 rings (SSSR count). The van der Waals surface area contributed by atoms with E-state index in [4.69, 9.17) is 0 Å². The van der Waals surface area contributed by atoms with Crippen molar-refractivity contribution < 1.29 is 44.4 Å². The number of carboxylic acid groups (broad SMARTS) is 4. The van der Waals surface area contributed by atoms with E-state index in [2.05, 4.69) is 0 Å². The van der Waals surface area contributed by atoms with E-state index in [1.807, 2.05) is 0 Å². The minimum atomic E-state index is -1.12. The predicted octanol–water partition coefficient (Wildman–Crippen LogP) is -2.22. The molecule has 1 atom stereocenters. The highest BCUT2D eigenvalue weighted by molar-refractivity contribution is 5.78. The Morgan fingerprint density at radius 1 is 0.657 bits per heavy atom. The van der Waals surface area contributed by atoms with Crippen LogP contribution in [0.2, 0.25) is 0 Å². The van der Waals surface area contributed by atoms with Gasteiger partial charge in [0.05, 0.1) is 19.6 Å². The summed E-state index contributed by atoms with van der Waals surface area (Å²) >= 11 is 0. The first-order valence-corrected chi connectivity index (χ1v) is 11.4. The largest absolute Gasteiger partial charge is 0.480 e. The molecule has 0 bridgehead atoms. The average Bonchev–Trinajstić information content (AvgIpc) is 2.73. The molecule has 1 unspecified atom stereocenters. The second-order valence-electron chi connectivity index (χ2n) is 8.73. The number of carboxylic acids is 4. The van der Waals surface area contributed by atoms with Gasteiger partial charge < -0.3 is 25.3 Å². The Kier molecular flexibility index (Phi) is 13.2. The Bertz CT molecular complexity index is 717. The van der Waals surface area contributed by atoms with Crippen molar-refractivity contribution in [2.75, 3.05) is 86.1 Å². The third-order valence-electron chi connectivity index (χ3n) is 5.80. The maximum atomic E-state index is 12.1. The highest BCUT2D eigenvalue weighted by Gasteiger charge is 2.28. The summed E-state index contributed by atoms with van der Waals surface area (Å²) in [7, 11) is 3.16. The lowest BCUT2D eigenvalue weighted by Gasteiger charge is -2.35. The first kappa shape index (κ1) is 30.2. The molecule has 14 heteroatoms. The molecule has 1 aliphatic rings. The van der Waals surface area contributed by atoms with Crippen LogP contribution >= 0.6 is 0 Å². The van der Waals surface area contributed by atoms with Crippen LogP contribution in [0.3, 0.4) is 0 Å². The minimum Gasteiger partial charge on any atom is -0.480 e. The summed E-state index contributed by atoms with van der Waals surface area (Å²) in [5.41, 5.74) is 0. The molecule has 1 aliphatic heterocycles. The van der Waals surface area contributed by atoms with Crippen LogP contribution < -0.4 is 0 Å². The summed E-state index contributed by atoms with van der Waals surface area (Å²) in [6.07, 6.45) is 0.0683. The van der Waals surface area contributed by atoms with Crippen LogP contribution in [0, 0.1) is 0 Å². The molecule has 0 aliphatic carbocycles. The van der Waals surface area contributed by atoms with Crippen LogP contribution in [0.25, 0.3) is 0 Å². The summed E-state index contributed by atoms with van der Waals surface area (Å²) < 4.78 is 0. The average molecular weight is 504 g/mol. The van der Waals surface area contributed by atoms with Gasteiger partial charge >= 0.3 is 23.9 Å². The molecule has 0 radical (unpaired) electrons. The number of aliphatic carboxylic acids is 4. The first-order chi connectivity index (χ1) is 16.4. The molecule has 0 aromatic carbocycles. The maximum absolute atomic E-state index is 12.1. The van der Waals surface area contributed by atoms with Crippen molar-refractivity contribution in [2.24, 2.45) is 0 Å². The zero-order chi connectivity index (χ0) is 26.5. The quantitative estimate of drug-likeness (QED) is 0.238. The molecule has 1 saturated heterocycles. The van der Waals surface area contributed by atoms with Gasteiger partial charge in [-0.15, -0.1) is 0 Å². The van der Waals surface area contributed by atoms with Crippen LogP contribution in [0.1, 0.15) is 12.8 Å². The molecule has 1 heterocycles. The van der Waals surface area contributed by atoms with E-state index in [9.17, 15) is 44.4 Å². The summed E-state index contributed by atoms with van der Waals surface area (Å²) in [4.78, 5) is 65.9. The summed E-state index contributed by atoms with van der Waals surface area (Å²) in [5.74, 6) is -4.51. The van der Waals surface area contributed by atoms with E-state index in [-0.39, 0.29) is 90.7 Å². The zero-order valence-corrected chi connectivity index (χ0v) is 20.3. The Balaban J connectivity index is 3.13.